The minimum absolute atomic E-state index is 0.260. The van der Waals surface area contributed by atoms with Crippen molar-refractivity contribution < 1.29 is 14.7 Å². The zero-order valence-electron chi connectivity index (χ0n) is 7.20. The van der Waals surface area contributed by atoms with Crippen molar-refractivity contribution in [3.05, 3.63) is 0 Å². The van der Waals surface area contributed by atoms with Crippen LogP contribution in [0.1, 0.15) is 20.3 Å². The molecule has 5 nitrogen and oxygen atoms in total. The lowest BCUT2D eigenvalue weighted by atomic mass is 10.1. The third-order valence-corrected chi connectivity index (χ3v) is 1.43. The summed E-state index contributed by atoms with van der Waals surface area (Å²) < 4.78 is 0. The lowest BCUT2D eigenvalue weighted by Gasteiger charge is -2.17. The largest absolute Gasteiger partial charge is 0.391 e. The fraction of sp³-hybridized carbons (Fsp3) is 0.714. The van der Waals surface area contributed by atoms with Crippen LogP contribution in [-0.4, -0.2) is 29.1 Å². The highest BCUT2D eigenvalue weighted by atomic mass is 16.3. The molecule has 5 heteroatoms. The molecule has 70 valence electrons. The van der Waals surface area contributed by atoms with Gasteiger partial charge in [-0.1, -0.05) is 6.92 Å². The Morgan fingerprint density at radius 3 is 2.33 bits per heavy atom. The Bertz CT molecular complexity index is 179. The molecule has 0 rings (SSSR count). The second-order valence-corrected chi connectivity index (χ2v) is 2.54. The van der Waals surface area contributed by atoms with E-state index in [0.29, 0.717) is 0 Å². The smallest absolute Gasteiger partial charge is 0.242 e. The Kier molecular flexibility index (Phi) is 4.28. The molecule has 0 bridgehead atoms. The van der Waals surface area contributed by atoms with E-state index in [4.69, 9.17) is 10.8 Å². The molecule has 0 aliphatic carbocycles. The van der Waals surface area contributed by atoms with Crippen molar-refractivity contribution in [2.24, 2.45) is 5.73 Å². The number of aliphatic hydroxyl groups is 1. The third kappa shape index (κ3) is 3.34. The fourth-order valence-electron chi connectivity index (χ4n) is 0.705. The molecule has 0 aromatic rings. The summed E-state index contributed by atoms with van der Waals surface area (Å²) in [5.74, 6) is -1.04. The summed E-state index contributed by atoms with van der Waals surface area (Å²) in [6.45, 7) is 3.04. The molecule has 2 amide bonds. The number of nitrogens with one attached hydrogen (secondary N) is 1. The Morgan fingerprint density at radius 1 is 1.58 bits per heavy atom. The van der Waals surface area contributed by atoms with Gasteiger partial charge in [0.1, 0.15) is 6.04 Å². The molecule has 0 aliphatic rings. The lowest BCUT2D eigenvalue weighted by Crippen LogP contribution is -2.50. The van der Waals surface area contributed by atoms with Gasteiger partial charge in [0, 0.05) is 6.42 Å². The highest BCUT2D eigenvalue weighted by Crippen LogP contribution is 1.92. The first-order valence-electron chi connectivity index (χ1n) is 3.75. The van der Waals surface area contributed by atoms with Crippen molar-refractivity contribution >= 4 is 11.8 Å². The van der Waals surface area contributed by atoms with Crippen molar-refractivity contribution in [3.63, 3.8) is 0 Å². The monoisotopic (exact) mass is 174 g/mol. The molecule has 0 saturated heterocycles. The predicted octanol–water partition coefficient (Wildman–Crippen LogP) is -1.25. The SMILES string of the molecule is CCC(=O)NC(C(N)=O)C(C)O. The van der Waals surface area contributed by atoms with Crippen molar-refractivity contribution in [2.75, 3.05) is 0 Å². The van der Waals surface area contributed by atoms with Gasteiger partial charge in [-0.15, -0.1) is 0 Å². The van der Waals surface area contributed by atoms with E-state index in [1.54, 1.807) is 6.92 Å². The molecule has 0 aromatic carbocycles. The summed E-state index contributed by atoms with van der Waals surface area (Å²) in [6, 6.07) is -0.988. The second-order valence-electron chi connectivity index (χ2n) is 2.54. The predicted molar refractivity (Wildman–Crippen MR) is 43.1 cm³/mol. The van der Waals surface area contributed by atoms with E-state index < -0.39 is 18.1 Å². The van der Waals surface area contributed by atoms with Gasteiger partial charge in [0.25, 0.3) is 0 Å². The van der Waals surface area contributed by atoms with Crippen LogP contribution in [0.25, 0.3) is 0 Å². The van der Waals surface area contributed by atoms with Crippen LogP contribution in [0.15, 0.2) is 0 Å². The summed E-state index contributed by atoms with van der Waals surface area (Å²) in [5.41, 5.74) is 4.93. The Balaban J connectivity index is 4.14. The van der Waals surface area contributed by atoms with Crippen molar-refractivity contribution in [3.8, 4) is 0 Å². The molecular weight excluding hydrogens is 160 g/mol. The molecule has 12 heavy (non-hydrogen) atoms. The number of carbonyl (C=O) groups excluding carboxylic acids is 2. The van der Waals surface area contributed by atoms with Crippen molar-refractivity contribution in [2.45, 2.75) is 32.4 Å². The van der Waals surface area contributed by atoms with Gasteiger partial charge in [0.2, 0.25) is 11.8 Å². The first-order chi connectivity index (χ1) is 5.49. The topological polar surface area (TPSA) is 92.4 Å². The number of hydrogen-bond acceptors (Lipinski definition) is 3. The molecule has 2 atom stereocenters. The average molecular weight is 174 g/mol. The molecule has 0 spiro atoms. The van der Waals surface area contributed by atoms with Gasteiger partial charge >= 0.3 is 0 Å². The van der Waals surface area contributed by atoms with Crippen LogP contribution in [0.3, 0.4) is 0 Å². The van der Waals surface area contributed by atoms with Crippen LogP contribution in [-0.2, 0) is 9.59 Å². The van der Waals surface area contributed by atoms with Crippen molar-refractivity contribution in [1.82, 2.24) is 5.32 Å². The minimum atomic E-state index is -0.988. The van der Waals surface area contributed by atoms with Crippen LogP contribution < -0.4 is 11.1 Å². The summed E-state index contributed by atoms with van der Waals surface area (Å²) in [5, 5.41) is 11.3. The maximum absolute atomic E-state index is 10.8. The van der Waals surface area contributed by atoms with Crippen molar-refractivity contribution in [1.29, 1.82) is 0 Å². The maximum atomic E-state index is 10.8. The van der Waals surface area contributed by atoms with Crippen LogP contribution >= 0.6 is 0 Å². The van der Waals surface area contributed by atoms with E-state index in [2.05, 4.69) is 5.32 Å². The quantitative estimate of drug-likeness (QED) is 0.497. The Hall–Kier alpha value is -1.10. The second kappa shape index (κ2) is 4.71. The Morgan fingerprint density at radius 2 is 2.08 bits per heavy atom. The molecule has 0 aromatic heterocycles. The summed E-state index contributed by atoms with van der Waals surface area (Å²) in [7, 11) is 0. The number of hydrogen-bond donors (Lipinski definition) is 3. The zero-order chi connectivity index (χ0) is 9.72. The van der Waals surface area contributed by atoms with Gasteiger partial charge in [0.15, 0.2) is 0 Å². The molecule has 0 aliphatic heterocycles. The molecule has 0 fully saturated rings. The first kappa shape index (κ1) is 10.9. The number of amides is 2. The zero-order valence-corrected chi connectivity index (χ0v) is 7.20. The standard InChI is InChI=1S/C7H14N2O3/c1-3-5(11)9-6(4(2)10)7(8)12/h4,6,10H,3H2,1-2H3,(H2,8,12)(H,9,11). The van der Waals surface area contributed by atoms with Gasteiger partial charge in [-0.2, -0.15) is 0 Å². The van der Waals surface area contributed by atoms with E-state index in [9.17, 15) is 9.59 Å². The van der Waals surface area contributed by atoms with E-state index in [0.717, 1.165) is 0 Å². The maximum Gasteiger partial charge on any atom is 0.242 e. The number of nitrogens with two attached hydrogens (primary N) is 1. The van der Waals surface area contributed by atoms with E-state index in [1.807, 2.05) is 0 Å². The summed E-state index contributed by atoms with van der Waals surface area (Å²) in [4.78, 5) is 21.4. The van der Waals surface area contributed by atoms with E-state index >= 15 is 0 Å². The number of carbonyl (C=O) groups is 2. The van der Waals surface area contributed by atoms with Crippen LogP contribution in [0.2, 0.25) is 0 Å². The highest BCUT2D eigenvalue weighted by Gasteiger charge is 2.21. The van der Waals surface area contributed by atoms with E-state index in [-0.39, 0.29) is 12.3 Å². The number of primary amides is 1. The van der Waals surface area contributed by atoms with Gasteiger partial charge < -0.3 is 16.2 Å². The van der Waals surface area contributed by atoms with Crippen LogP contribution in [0, 0.1) is 0 Å². The highest BCUT2D eigenvalue weighted by molar-refractivity contribution is 5.86. The summed E-state index contributed by atoms with van der Waals surface area (Å²) in [6.07, 6.45) is -0.700. The summed E-state index contributed by atoms with van der Waals surface area (Å²) >= 11 is 0. The molecule has 0 heterocycles. The Labute approximate surface area is 70.9 Å². The fourth-order valence-corrected chi connectivity index (χ4v) is 0.705. The molecule has 4 N–H and O–H groups in total. The lowest BCUT2D eigenvalue weighted by molar-refractivity contribution is -0.129. The van der Waals surface area contributed by atoms with Gasteiger partial charge in [-0.05, 0) is 6.92 Å². The first-order valence-corrected chi connectivity index (χ1v) is 3.75. The normalized spacial score (nSPS) is 14.9. The average Bonchev–Trinajstić information content (AvgIpc) is 1.98. The molecular formula is C7H14N2O3. The molecule has 2 unspecified atom stereocenters. The van der Waals surface area contributed by atoms with Gasteiger partial charge in [-0.25, -0.2) is 0 Å². The third-order valence-electron chi connectivity index (χ3n) is 1.43. The van der Waals surface area contributed by atoms with Crippen LogP contribution in [0.5, 0.6) is 0 Å². The van der Waals surface area contributed by atoms with Crippen LogP contribution in [0.4, 0.5) is 0 Å². The van der Waals surface area contributed by atoms with Gasteiger partial charge in [-0.3, -0.25) is 9.59 Å². The molecule has 0 saturated carbocycles. The minimum Gasteiger partial charge on any atom is -0.391 e. The van der Waals surface area contributed by atoms with Gasteiger partial charge in [0.05, 0.1) is 6.10 Å². The van der Waals surface area contributed by atoms with E-state index in [1.165, 1.54) is 6.92 Å². The number of aliphatic hydroxyl groups excluding tert-OH is 1. The molecule has 0 radical (unpaired) electrons. The number of rotatable bonds is 4.